The molecule has 1 fully saturated rings. The summed E-state index contributed by atoms with van der Waals surface area (Å²) in [6.45, 7) is 5.52. The zero-order valence-electron chi connectivity index (χ0n) is 15.3. The minimum absolute atomic E-state index is 0.00959. The highest BCUT2D eigenvalue weighted by molar-refractivity contribution is 6.35. The monoisotopic (exact) mass is 386 g/mol. The molecule has 1 aliphatic heterocycles. The first-order valence-corrected chi connectivity index (χ1v) is 8.44. The Kier molecular flexibility index (Phi) is 6.07. The quantitative estimate of drug-likeness (QED) is 0.775. The summed E-state index contributed by atoms with van der Waals surface area (Å²) < 4.78 is 38.1. The highest BCUT2D eigenvalue weighted by atomic mass is 19.4. The summed E-state index contributed by atoms with van der Waals surface area (Å²) >= 11 is 0. The van der Waals surface area contributed by atoms with Gasteiger partial charge in [-0.3, -0.25) is 14.4 Å². The van der Waals surface area contributed by atoms with E-state index in [4.69, 9.17) is 0 Å². The van der Waals surface area contributed by atoms with Crippen LogP contribution in [0.3, 0.4) is 0 Å². The lowest BCUT2D eigenvalue weighted by Gasteiger charge is -2.34. The van der Waals surface area contributed by atoms with Crippen LogP contribution in [0.1, 0.15) is 35.6 Å². The summed E-state index contributed by atoms with van der Waals surface area (Å²) in [4.78, 5) is 42.6. The van der Waals surface area contributed by atoms with Gasteiger partial charge < -0.3 is 15.1 Å². The molecule has 1 saturated heterocycles. The molecule has 2 rings (SSSR count). The van der Waals surface area contributed by atoms with Gasteiger partial charge in [0.05, 0.1) is 11.3 Å². The molecular weight excluding hydrogens is 365 g/mol. The fourth-order valence-corrected chi connectivity index (χ4v) is 2.70. The van der Waals surface area contributed by atoms with Crippen molar-refractivity contribution in [2.45, 2.75) is 33.0 Å². The Labute approximate surface area is 154 Å². The van der Waals surface area contributed by atoms with Gasteiger partial charge in [0.25, 0.3) is 5.91 Å². The van der Waals surface area contributed by atoms with E-state index in [1.54, 1.807) is 13.8 Å². The molecule has 10 heteroatoms. The van der Waals surface area contributed by atoms with Gasteiger partial charge in [-0.2, -0.15) is 13.2 Å². The number of aryl methyl sites for hydroxylation is 1. The predicted molar refractivity (Wildman–Crippen MR) is 89.7 cm³/mol. The molecular formula is C17H21F3N4O3. The Morgan fingerprint density at radius 2 is 1.63 bits per heavy atom. The minimum atomic E-state index is -4.57. The number of hydrogen-bond donors (Lipinski definition) is 1. The van der Waals surface area contributed by atoms with E-state index in [-0.39, 0.29) is 43.5 Å². The van der Waals surface area contributed by atoms with Crippen molar-refractivity contribution in [1.29, 1.82) is 0 Å². The fourth-order valence-electron chi connectivity index (χ4n) is 2.70. The first-order valence-electron chi connectivity index (χ1n) is 8.44. The van der Waals surface area contributed by atoms with Crippen molar-refractivity contribution in [3.8, 4) is 0 Å². The number of pyridine rings is 1. The van der Waals surface area contributed by atoms with Crippen molar-refractivity contribution in [1.82, 2.24) is 20.1 Å². The van der Waals surface area contributed by atoms with E-state index in [0.29, 0.717) is 0 Å². The zero-order chi connectivity index (χ0) is 20.4. The van der Waals surface area contributed by atoms with Crippen molar-refractivity contribution in [3.63, 3.8) is 0 Å². The van der Waals surface area contributed by atoms with Gasteiger partial charge in [0.1, 0.15) is 5.69 Å². The summed E-state index contributed by atoms with van der Waals surface area (Å²) in [5.74, 6) is -1.82. The lowest BCUT2D eigenvalue weighted by molar-refractivity contribution is -0.147. The van der Waals surface area contributed by atoms with E-state index < -0.39 is 29.6 Å². The SMILES string of the molecule is Cc1nc(C(F)(F)F)ccc1C(=O)N1CCN(C(=O)C(=O)NC(C)C)CC1. The second-order valence-electron chi connectivity index (χ2n) is 6.54. The van der Waals surface area contributed by atoms with Gasteiger partial charge in [-0.05, 0) is 32.9 Å². The van der Waals surface area contributed by atoms with E-state index in [0.717, 1.165) is 12.1 Å². The van der Waals surface area contributed by atoms with Crippen LogP contribution in [0.15, 0.2) is 12.1 Å². The Bertz CT molecular complexity index is 741. The number of piperazine rings is 1. The van der Waals surface area contributed by atoms with Gasteiger partial charge in [-0.25, -0.2) is 4.98 Å². The molecule has 0 aliphatic carbocycles. The number of carbonyl (C=O) groups excluding carboxylic acids is 3. The minimum Gasteiger partial charge on any atom is -0.346 e. The Morgan fingerprint density at radius 3 is 2.11 bits per heavy atom. The van der Waals surface area contributed by atoms with Crippen LogP contribution in [0.2, 0.25) is 0 Å². The molecule has 7 nitrogen and oxygen atoms in total. The molecule has 27 heavy (non-hydrogen) atoms. The molecule has 1 N–H and O–H groups in total. The van der Waals surface area contributed by atoms with Gasteiger partial charge in [0.15, 0.2) is 0 Å². The summed E-state index contributed by atoms with van der Waals surface area (Å²) in [6, 6.07) is 1.72. The van der Waals surface area contributed by atoms with Crippen LogP contribution in [0.4, 0.5) is 13.2 Å². The summed E-state index contributed by atoms with van der Waals surface area (Å²) in [5, 5.41) is 2.51. The first kappa shape index (κ1) is 20.7. The van der Waals surface area contributed by atoms with Crippen LogP contribution < -0.4 is 5.32 Å². The Morgan fingerprint density at radius 1 is 1.07 bits per heavy atom. The smallest absolute Gasteiger partial charge is 0.346 e. The van der Waals surface area contributed by atoms with E-state index >= 15 is 0 Å². The van der Waals surface area contributed by atoms with Gasteiger partial charge >= 0.3 is 18.0 Å². The molecule has 0 saturated carbocycles. The molecule has 0 spiro atoms. The number of nitrogens with zero attached hydrogens (tertiary/aromatic N) is 3. The predicted octanol–water partition coefficient (Wildman–Crippen LogP) is 1.22. The number of nitrogens with one attached hydrogen (secondary N) is 1. The zero-order valence-corrected chi connectivity index (χ0v) is 15.3. The number of carbonyl (C=O) groups is 3. The van der Waals surface area contributed by atoms with Gasteiger partial charge in [-0.15, -0.1) is 0 Å². The van der Waals surface area contributed by atoms with Gasteiger partial charge in [-0.1, -0.05) is 0 Å². The maximum atomic E-state index is 12.7. The lowest BCUT2D eigenvalue weighted by atomic mass is 10.1. The lowest BCUT2D eigenvalue weighted by Crippen LogP contribution is -2.54. The molecule has 0 bridgehead atoms. The second kappa shape index (κ2) is 7.93. The molecule has 0 radical (unpaired) electrons. The molecule has 148 valence electrons. The topological polar surface area (TPSA) is 82.6 Å². The normalized spacial score (nSPS) is 15.1. The largest absolute Gasteiger partial charge is 0.433 e. The second-order valence-corrected chi connectivity index (χ2v) is 6.54. The van der Waals surface area contributed by atoms with Crippen molar-refractivity contribution in [2.75, 3.05) is 26.2 Å². The number of alkyl halides is 3. The summed E-state index contributed by atoms with van der Waals surface area (Å²) in [5.41, 5.74) is -0.979. The fraction of sp³-hybridized carbons (Fsp3) is 0.529. The number of halogens is 3. The molecule has 1 aromatic heterocycles. The number of hydrogen-bond acceptors (Lipinski definition) is 4. The average Bonchev–Trinajstić information content (AvgIpc) is 2.59. The highest BCUT2D eigenvalue weighted by Gasteiger charge is 2.34. The van der Waals surface area contributed by atoms with Crippen LogP contribution in [-0.2, 0) is 15.8 Å². The van der Waals surface area contributed by atoms with E-state index in [2.05, 4.69) is 10.3 Å². The number of aromatic nitrogens is 1. The van der Waals surface area contributed by atoms with Crippen molar-refractivity contribution >= 4 is 17.7 Å². The van der Waals surface area contributed by atoms with Crippen molar-refractivity contribution in [3.05, 3.63) is 29.1 Å². The molecule has 1 aliphatic rings. The van der Waals surface area contributed by atoms with Crippen LogP contribution in [0, 0.1) is 6.92 Å². The van der Waals surface area contributed by atoms with Gasteiger partial charge in [0, 0.05) is 32.2 Å². The number of rotatable bonds is 2. The van der Waals surface area contributed by atoms with Crippen LogP contribution >= 0.6 is 0 Å². The van der Waals surface area contributed by atoms with Crippen LogP contribution in [0.5, 0.6) is 0 Å². The molecule has 1 aromatic rings. The summed E-state index contributed by atoms with van der Waals surface area (Å²) in [6.07, 6.45) is -4.57. The third-order valence-electron chi connectivity index (χ3n) is 4.07. The third-order valence-corrected chi connectivity index (χ3v) is 4.07. The van der Waals surface area contributed by atoms with E-state index in [9.17, 15) is 27.6 Å². The Balaban J connectivity index is 2.01. The average molecular weight is 386 g/mol. The van der Waals surface area contributed by atoms with E-state index in [1.807, 2.05) is 0 Å². The molecule has 0 unspecified atom stereocenters. The molecule has 0 atom stereocenters. The highest BCUT2D eigenvalue weighted by Crippen LogP contribution is 2.28. The van der Waals surface area contributed by atoms with Crippen LogP contribution in [-0.4, -0.2) is 64.7 Å². The third kappa shape index (κ3) is 4.95. The van der Waals surface area contributed by atoms with E-state index in [1.165, 1.54) is 16.7 Å². The molecule has 2 heterocycles. The van der Waals surface area contributed by atoms with Crippen molar-refractivity contribution < 1.29 is 27.6 Å². The molecule has 0 aromatic carbocycles. The first-order chi connectivity index (χ1) is 12.5. The number of amides is 3. The van der Waals surface area contributed by atoms with Gasteiger partial charge in [0.2, 0.25) is 0 Å². The van der Waals surface area contributed by atoms with Crippen LogP contribution in [0.25, 0.3) is 0 Å². The molecule has 3 amide bonds. The maximum Gasteiger partial charge on any atom is 0.433 e. The van der Waals surface area contributed by atoms with Crippen molar-refractivity contribution in [2.24, 2.45) is 0 Å². The standard InChI is InChI=1S/C17H21F3N4O3/c1-10(2)21-14(25)16(27)24-8-6-23(7-9-24)15(26)12-4-5-13(17(18,19)20)22-11(12)3/h4-5,10H,6-9H2,1-3H3,(H,21,25). The Hall–Kier alpha value is -2.65. The maximum absolute atomic E-state index is 12.7. The summed E-state index contributed by atoms with van der Waals surface area (Å²) in [7, 11) is 0.